The van der Waals surface area contributed by atoms with Crippen LogP contribution < -0.4 is 0 Å². The minimum absolute atomic E-state index is 0.773. The maximum atomic E-state index is 6.05. The first-order valence-corrected chi connectivity index (χ1v) is 8.67. The van der Waals surface area contributed by atoms with Gasteiger partial charge in [0.1, 0.15) is 0 Å². The molecule has 14 heavy (non-hydrogen) atoms. The quantitative estimate of drug-likeness (QED) is 0.608. The maximum absolute atomic E-state index is 6.05. The summed E-state index contributed by atoms with van der Waals surface area (Å²) in [7, 11) is 2.76. The summed E-state index contributed by atoms with van der Waals surface area (Å²) in [5.74, 6) is 0. The highest BCUT2D eigenvalue weighted by Gasteiger charge is 2.29. The van der Waals surface area contributed by atoms with Crippen molar-refractivity contribution in [3.63, 3.8) is 0 Å². The van der Waals surface area contributed by atoms with E-state index in [2.05, 4.69) is 45.9 Å². The van der Waals surface area contributed by atoms with E-state index in [-0.39, 0.29) is 0 Å². The summed E-state index contributed by atoms with van der Waals surface area (Å²) in [5, 5.41) is 0. The Kier molecular flexibility index (Phi) is 6.65. The number of nitrogens with zero attached hydrogens (tertiary/aromatic N) is 1. The summed E-state index contributed by atoms with van der Waals surface area (Å²) in [6.07, 6.45) is 2.58. The zero-order valence-corrected chi connectivity index (χ0v) is 11.8. The molecule has 0 aliphatic carbocycles. The van der Waals surface area contributed by atoms with Crippen molar-refractivity contribution in [2.75, 3.05) is 27.2 Å². The van der Waals surface area contributed by atoms with Crippen molar-refractivity contribution in [3.05, 3.63) is 0 Å². The second kappa shape index (κ2) is 6.59. The molecule has 0 rings (SSSR count). The molecule has 0 spiro atoms. The Bertz CT molecular complexity index is 148. The lowest BCUT2D eigenvalue weighted by Crippen LogP contribution is -2.37. The minimum Gasteiger partial charge on any atom is -0.416 e. The van der Waals surface area contributed by atoms with Gasteiger partial charge in [-0.05, 0) is 32.7 Å². The molecule has 0 aromatic rings. The van der Waals surface area contributed by atoms with E-state index in [1.54, 1.807) is 0 Å². The van der Waals surface area contributed by atoms with E-state index in [0.29, 0.717) is 0 Å². The third kappa shape index (κ3) is 5.78. The monoisotopic (exact) mass is 217 g/mol. The first-order chi connectivity index (χ1) is 6.40. The van der Waals surface area contributed by atoms with E-state index in [1.165, 1.54) is 12.8 Å². The standard InChI is InChI=1S/C11H27NOSi/c1-7-8-11(2)14(5,6)13-10-9-12(3)4/h11H,7-10H2,1-6H3. The first-order valence-electron chi connectivity index (χ1n) is 5.68. The minimum atomic E-state index is -1.42. The van der Waals surface area contributed by atoms with Gasteiger partial charge in [-0.15, -0.1) is 0 Å². The predicted octanol–water partition coefficient (Wildman–Crippen LogP) is 2.96. The molecule has 2 nitrogen and oxygen atoms in total. The van der Waals surface area contributed by atoms with Crippen LogP contribution >= 0.6 is 0 Å². The molecule has 86 valence electrons. The lowest BCUT2D eigenvalue weighted by Gasteiger charge is -2.30. The Balaban J connectivity index is 3.81. The van der Waals surface area contributed by atoms with Gasteiger partial charge in [0.25, 0.3) is 0 Å². The van der Waals surface area contributed by atoms with E-state index in [4.69, 9.17) is 4.43 Å². The van der Waals surface area contributed by atoms with Gasteiger partial charge in [0, 0.05) is 13.2 Å². The molecular formula is C11H27NOSi. The smallest absolute Gasteiger partial charge is 0.189 e. The van der Waals surface area contributed by atoms with Gasteiger partial charge in [0.2, 0.25) is 0 Å². The SMILES string of the molecule is CCCC(C)[Si](C)(C)OCCN(C)C. The number of hydrogen-bond acceptors (Lipinski definition) is 2. The number of rotatable bonds is 7. The number of likely N-dealkylation sites (N-methyl/N-ethyl adjacent to an activating group) is 1. The van der Waals surface area contributed by atoms with Crippen LogP contribution in [0.15, 0.2) is 0 Å². The lowest BCUT2D eigenvalue weighted by molar-refractivity contribution is 0.248. The summed E-state index contributed by atoms with van der Waals surface area (Å²) >= 11 is 0. The second-order valence-electron chi connectivity index (χ2n) is 4.94. The zero-order valence-electron chi connectivity index (χ0n) is 10.8. The van der Waals surface area contributed by atoms with E-state index < -0.39 is 8.32 Å². The molecule has 3 heteroatoms. The van der Waals surface area contributed by atoms with Gasteiger partial charge in [-0.25, -0.2) is 0 Å². The summed E-state index contributed by atoms with van der Waals surface area (Å²) < 4.78 is 6.05. The molecule has 0 aliphatic rings. The van der Waals surface area contributed by atoms with Gasteiger partial charge in [0.15, 0.2) is 8.32 Å². The normalized spacial score (nSPS) is 14.8. The average Bonchev–Trinajstić information content (AvgIpc) is 2.03. The molecule has 1 atom stereocenters. The van der Waals surface area contributed by atoms with Crippen LogP contribution in [0.4, 0.5) is 0 Å². The van der Waals surface area contributed by atoms with Crippen LogP contribution in [0, 0.1) is 0 Å². The van der Waals surface area contributed by atoms with Crippen LogP contribution in [0.25, 0.3) is 0 Å². The lowest BCUT2D eigenvalue weighted by atomic mass is 10.3. The van der Waals surface area contributed by atoms with Gasteiger partial charge in [-0.3, -0.25) is 0 Å². The van der Waals surface area contributed by atoms with E-state index >= 15 is 0 Å². The van der Waals surface area contributed by atoms with Gasteiger partial charge < -0.3 is 9.33 Å². The molecule has 0 bridgehead atoms. The Morgan fingerprint density at radius 1 is 1.29 bits per heavy atom. The van der Waals surface area contributed by atoms with Crippen molar-refractivity contribution in [1.82, 2.24) is 4.90 Å². The largest absolute Gasteiger partial charge is 0.416 e. The molecule has 0 aromatic carbocycles. The Morgan fingerprint density at radius 3 is 2.29 bits per heavy atom. The van der Waals surface area contributed by atoms with Crippen molar-refractivity contribution in [2.24, 2.45) is 0 Å². The summed E-state index contributed by atoms with van der Waals surface area (Å²) in [4.78, 5) is 2.18. The van der Waals surface area contributed by atoms with Crippen LogP contribution in [0.2, 0.25) is 18.6 Å². The van der Waals surface area contributed by atoms with E-state index in [9.17, 15) is 0 Å². The van der Waals surface area contributed by atoms with Crippen LogP contribution in [0.5, 0.6) is 0 Å². The zero-order chi connectivity index (χ0) is 11.2. The molecule has 0 aliphatic heterocycles. The Hall–Kier alpha value is 0.137. The van der Waals surface area contributed by atoms with Gasteiger partial charge in [0.05, 0.1) is 0 Å². The Morgan fingerprint density at radius 2 is 1.86 bits per heavy atom. The van der Waals surface area contributed by atoms with E-state index in [1.807, 2.05) is 0 Å². The predicted molar refractivity (Wildman–Crippen MR) is 66.3 cm³/mol. The van der Waals surface area contributed by atoms with Gasteiger partial charge in [-0.2, -0.15) is 0 Å². The first kappa shape index (κ1) is 14.1. The Labute approximate surface area is 90.8 Å². The fourth-order valence-corrected chi connectivity index (χ4v) is 3.30. The highest BCUT2D eigenvalue weighted by molar-refractivity contribution is 6.72. The van der Waals surface area contributed by atoms with Crippen molar-refractivity contribution in [1.29, 1.82) is 0 Å². The molecular weight excluding hydrogens is 190 g/mol. The molecule has 0 N–H and O–H groups in total. The van der Waals surface area contributed by atoms with Crippen LogP contribution in [-0.4, -0.2) is 40.5 Å². The molecule has 0 fully saturated rings. The highest BCUT2D eigenvalue weighted by Crippen LogP contribution is 2.26. The fourth-order valence-electron chi connectivity index (χ4n) is 1.41. The second-order valence-corrected chi connectivity index (χ2v) is 9.43. The van der Waals surface area contributed by atoms with Crippen LogP contribution in [0.3, 0.4) is 0 Å². The molecule has 0 radical (unpaired) electrons. The molecule has 0 heterocycles. The molecule has 0 saturated heterocycles. The third-order valence-electron chi connectivity index (χ3n) is 2.92. The molecule has 0 saturated carbocycles. The molecule has 0 amide bonds. The van der Waals surface area contributed by atoms with Gasteiger partial charge in [-0.1, -0.05) is 26.7 Å². The summed E-state index contributed by atoms with van der Waals surface area (Å²) in [6, 6.07) is 0. The number of hydrogen-bond donors (Lipinski definition) is 0. The van der Waals surface area contributed by atoms with Crippen LogP contribution in [0.1, 0.15) is 26.7 Å². The van der Waals surface area contributed by atoms with Crippen molar-refractivity contribution < 1.29 is 4.43 Å². The fraction of sp³-hybridized carbons (Fsp3) is 1.00. The van der Waals surface area contributed by atoms with E-state index in [0.717, 1.165) is 18.7 Å². The molecule has 0 aromatic heterocycles. The average molecular weight is 217 g/mol. The summed E-state index contributed by atoms with van der Waals surface area (Å²) in [5.41, 5.74) is 0.773. The maximum Gasteiger partial charge on any atom is 0.189 e. The van der Waals surface area contributed by atoms with Crippen molar-refractivity contribution in [2.45, 2.75) is 45.3 Å². The molecule has 1 unspecified atom stereocenters. The van der Waals surface area contributed by atoms with Crippen LogP contribution in [-0.2, 0) is 4.43 Å². The summed E-state index contributed by atoms with van der Waals surface area (Å²) in [6.45, 7) is 11.2. The topological polar surface area (TPSA) is 12.5 Å². The van der Waals surface area contributed by atoms with Crippen molar-refractivity contribution in [3.8, 4) is 0 Å². The highest BCUT2D eigenvalue weighted by atomic mass is 28.4. The van der Waals surface area contributed by atoms with Crippen molar-refractivity contribution >= 4 is 8.32 Å². The van der Waals surface area contributed by atoms with Gasteiger partial charge >= 0.3 is 0 Å². The third-order valence-corrected chi connectivity index (χ3v) is 6.53.